The van der Waals surface area contributed by atoms with Crippen LogP contribution in [0.4, 0.5) is 0 Å². The fourth-order valence-corrected chi connectivity index (χ4v) is 9.11. The van der Waals surface area contributed by atoms with E-state index in [1.165, 1.54) is 0 Å². The van der Waals surface area contributed by atoms with Gasteiger partial charge in [0.15, 0.2) is 37.7 Å². The van der Waals surface area contributed by atoms with Gasteiger partial charge in [-0.05, 0) is 0 Å². The molecule has 0 aromatic heterocycles. The number of rotatable bonds is 18. The van der Waals surface area contributed by atoms with Crippen molar-refractivity contribution in [1.29, 1.82) is 0 Å². The average Bonchev–Trinajstić information content (AvgIpc) is 3.35. The maximum atomic E-state index is 12.5. The van der Waals surface area contributed by atoms with Crippen LogP contribution in [0, 0.1) is 0 Å². The van der Waals surface area contributed by atoms with Crippen LogP contribution < -0.4 is 10.6 Å². The highest BCUT2D eigenvalue weighted by atomic mass is 16.8. The molecule has 33 nitrogen and oxygen atoms in total. The Morgan fingerprint density at radius 3 is 1.19 bits per heavy atom. The van der Waals surface area contributed by atoms with Crippen molar-refractivity contribution in [2.75, 3.05) is 39.6 Å². The van der Waals surface area contributed by atoms with E-state index >= 15 is 0 Å². The van der Waals surface area contributed by atoms with Crippen molar-refractivity contribution < 1.29 is 154 Å². The lowest BCUT2D eigenvalue weighted by Gasteiger charge is -2.50. The lowest BCUT2D eigenvalue weighted by molar-refractivity contribution is -0.384. The lowest BCUT2D eigenvalue weighted by atomic mass is 9.94. The molecule has 6 fully saturated rings. The zero-order valence-corrected chi connectivity index (χ0v) is 38.9. The molecule has 0 saturated carbocycles. The molecular formula is C40H68N2O31. The predicted molar refractivity (Wildman–Crippen MR) is 222 cm³/mol. The third kappa shape index (κ3) is 13.2. The van der Waals surface area contributed by atoms with E-state index in [2.05, 4.69) is 10.6 Å². The highest BCUT2D eigenvalue weighted by molar-refractivity contribution is 5.73. The first-order chi connectivity index (χ1) is 34.5. The van der Waals surface area contributed by atoms with Crippen molar-refractivity contribution in [3.63, 3.8) is 0 Å². The van der Waals surface area contributed by atoms with Crippen LogP contribution >= 0.6 is 0 Å². The second-order valence-corrected chi connectivity index (χ2v) is 18.3. The minimum atomic E-state index is -2.26. The number of carbonyl (C=O) groups is 2. The molecule has 6 aliphatic heterocycles. The van der Waals surface area contributed by atoms with Gasteiger partial charge in [0.2, 0.25) is 11.8 Å². The number of amides is 2. The molecule has 424 valence electrons. The Hall–Kier alpha value is -2.22. The Morgan fingerprint density at radius 1 is 0.356 bits per heavy atom. The topological polar surface area (TPSA) is 524 Å². The first kappa shape index (κ1) is 60.0. The molecule has 0 spiro atoms. The van der Waals surface area contributed by atoms with Crippen LogP contribution in [0.1, 0.15) is 13.8 Å². The van der Waals surface area contributed by atoms with E-state index in [1.54, 1.807) is 0 Å². The minimum absolute atomic E-state index is 0.715. The summed E-state index contributed by atoms with van der Waals surface area (Å²) in [5.41, 5.74) is 0. The first-order valence-electron chi connectivity index (χ1n) is 23.1. The molecule has 6 aliphatic rings. The van der Waals surface area contributed by atoms with E-state index in [9.17, 15) is 102 Å². The van der Waals surface area contributed by atoms with E-state index in [0.717, 1.165) is 13.8 Å². The number of aliphatic hydroxyl groups excluding tert-OH is 18. The molecule has 0 aromatic carbocycles. The summed E-state index contributed by atoms with van der Waals surface area (Å²) in [6.07, 6.45) is -52.8. The molecule has 0 aliphatic carbocycles. The van der Waals surface area contributed by atoms with Crippen molar-refractivity contribution in [1.82, 2.24) is 10.6 Å². The second-order valence-electron chi connectivity index (χ2n) is 18.3. The fourth-order valence-electron chi connectivity index (χ4n) is 9.11. The molecule has 6 rings (SSSR count). The maximum absolute atomic E-state index is 12.5. The van der Waals surface area contributed by atoms with Gasteiger partial charge < -0.3 is 155 Å². The van der Waals surface area contributed by atoms with Crippen LogP contribution in [-0.2, 0) is 61.7 Å². The zero-order chi connectivity index (χ0) is 53.9. The SMILES string of the molecule is CC(=O)N[C@@H]1[C@@H](O)[C@H](O[C@@H]2O[C@H](CO)[C@@H](O[C@@H]3O[C@H](CO[C@H]4O[C@H](CO[C@H]5O[C@H](CO)[C@@H](O)[C@H](O)[C@@H]5O)[C@@H](O)[C@H](O)[C@@H]4O)[C@@H](O)[C@H](O[C@H]4O[C@H](CO)[C@@H](O)[C@H](O)[C@@H]4O)[C@@H]3O)[C@H](O)[C@H]2NC(C)=O)[C@@H](CO)O[C@H]1O. The van der Waals surface area contributed by atoms with Crippen molar-refractivity contribution >= 4 is 11.8 Å². The van der Waals surface area contributed by atoms with E-state index < -0.39 is 236 Å². The summed E-state index contributed by atoms with van der Waals surface area (Å²) in [5, 5.41) is 196. The van der Waals surface area contributed by atoms with Gasteiger partial charge in [-0.25, -0.2) is 0 Å². The number of nitrogens with one attached hydrogen (secondary N) is 2. The quantitative estimate of drug-likeness (QED) is 0.0606. The Kier molecular flexibility index (Phi) is 21.3. The second kappa shape index (κ2) is 26.0. The summed E-state index contributed by atoms with van der Waals surface area (Å²) >= 11 is 0. The first-order valence-corrected chi connectivity index (χ1v) is 23.1. The van der Waals surface area contributed by atoms with Gasteiger partial charge in [-0.1, -0.05) is 0 Å². The zero-order valence-electron chi connectivity index (χ0n) is 38.9. The molecule has 6 heterocycles. The van der Waals surface area contributed by atoms with Crippen LogP contribution in [0.5, 0.6) is 0 Å². The number of aliphatic hydroxyl groups is 18. The van der Waals surface area contributed by atoms with Gasteiger partial charge in [-0.3, -0.25) is 9.59 Å². The monoisotopic (exact) mass is 1070 g/mol. The highest BCUT2D eigenvalue weighted by Crippen LogP contribution is 2.36. The summed E-state index contributed by atoms with van der Waals surface area (Å²) in [4.78, 5) is 24.4. The van der Waals surface area contributed by atoms with Gasteiger partial charge in [0, 0.05) is 13.8 Å². The van der Waals surface area contributed by atoms with Crippen LogP contribution in [0.3, 0.4) is 0 Å². The molecule has 0 bridgehead atoms. The van der Waals surface area contributed by atoms with Crippen LogP contribution in [-0.4, -0.2) is 327 Å². The molecule has 2 amide bonds. The van der Waals surface area contributed by atoms with Gasteiger partial charge in [0.05, 0.1) is 39.6 Å². The molecule has 30 atom stereocenters. The third-order valence-electron chi connectivity index (χ3n) is 13.2. The normalized spacial score (nSPS) is 49.8. The van der Waals surface area contributed by atoms with Gasteiger partial charge in [-0.15, -0.1) is 0 Å². The lowest BCUT2D eigenvalue weighted by Crippen LogP contribution is -2.70. The van der Waals surface area contributed by atoms with E-state index in [0.29, 0.717) is 0 Å². The Morgan fingerprint density at radius 2 is 0.699 bits per heavy atom. The largest absolute Gasteiger partial charge is 0.394 e. The smallest absolute Gasteiger partial charge is 0.217 e. The highest BCUT2D eigenvalue weighted by Gasteiger charge is 2.57. The van der Waals surface area contributed by atoms with Crippen molar-refractivity contribution in [3.05, 3.63) is 0 Å². The molecule has 0 unspecified atom stereocenters. The summed E-state index contributed by atoms with van der Waals surface area (Å²) in [5.74, 6) is -1.55. The van der Waals surface area contributed by atoms with Gasteiger partial charge in [0.25, 0.3) is 0 Å². The Bertz CT molecular complexity index is 1750. The number of carbonyl (C=O) groups excluding carboxylic acids is 2. The molecule has 73 heavy (non-hydrogen) atoms. The van der Waals surface area contributed by atoms with Crippen molar-refractivity contribution in [2.24, 2.45) is 0 Å². The van der Waals surface area contributed by atoms with Gasteiger partial charge >= 0.3 is 0 Å². The van der Waals surface area contributed by atoms with Crippen LogP contribution in [0.25, 0.3) is 0 Å². The molecular weight excluding hydrogens is 1000 g/mol. The predicted octanol–water partition coefficient (Wildman–Crippen LogP) is -13.8. The summed E-state index contributed by atoms with van der Waals surface area (Å²) in [6.45, 7) is -3.32. The van der Waals surface area contributed by atoms with Gasteiger partial charge in [-0.2, -0.15) is 0 Å². The van der Waals surface area contributed by atoms with Crippen molar-refractivity contribution in [2.45, 2.75) is 198 Å². The minimum Gasteiger partial charge on any atom is -0.394 e. The average molecular weight is 1070 g/mol. The van der Waals surface area contributed by atoms with E-state index in [4.69, 9.17) is 52.1 Å². The number of hydrogen-bond acceptors (Lipinski definition) is 31. The summed E-state index contributed by atoms with van der Waals surface area (Å²) in [6, 6.07) is -3.28. The molecule has 6 saturated heterocycles. The standard InChI is InChI=1S/C40H68N2O31/c1-9(47)41-17-23(53)32(13(5-45)65-35(17)62)71-36-18(42-10(2)48)24(54)33(14(6-46)68-36)72-40-31(61)34(73-39-30(60)26(56)20(50)12(4-44)67-39)22(52)16(70-40)8-64-38-29(59)27(57)21(51)15(69-38)7-63-37-28(58)25(55)19(49)11(3-43)66-37/h11-40,43-46,49-62H,3-8H2,1-2H3,(H,41,47)(H,42,48)/t11-,12-,13-,14-,15-,16-,17-,18-,19-,20-,21-,22-,23-,24-,25+,26+,27+,28+,29+,30+,31+,32-,33-,34+,35-,36+,37+,38+,39-,40+/m1/s1. The Labute approximate surface area is 413 Å². The van der Waals surface area contributed by atoms with Crippen molar-refractivity contribution in [3.8, 4) is 0 Å². The summed E-state index contributed by atoms with van der Waals surface area (Å²) < 4.78 is 62.2. The molecule has 0 aromatic rings. The fraction of sp³-hybridized carbons (Fsp3) is 0.950. The maximum Gasteiger partial charge on any atom is 0.217 e. The van der Waals surface area contributed by atoms with Crippen LogP contribution in [0.15, 0.2) is 0 Å². The molecule has 0 radical (unpaired) electrons. The van der Waals surface area contributed by atoms with Crippen LogP contribution in [0.2, 0.25) is 0 Å². The van der Waals surface area contributed by atoms with Gasteiger partial charge in [0.1, 0.15) is 146 Å². The Balaban J connectivity index is 1.23. The third-order valence-corrected chi connectivity index (χ3v) is 13.2. The molecule has 33 heteroatoms. The number of hydrogen-bond donors (Lipinski definition) is 20. The summed E-state index contributed by atoms with van der Waals surface area (Å²) in [7, 11) is 0. The number of ether oxygens (including phenoxy) is 11. The van der Waals surface area contributed by atoms with E-state index in [1.807, 2.05) is 0 Å². The molecule has 20 N–H and O–H groups in total. The van der Waals surface area contributed by atoms with E-state index in [-0.39, 0.29) is 0 Å².